The number of hydrogen-bond acceptors (Lipinski definition) is 3. The summed E-state index contributed by atoms with van der Waals surface area (Å²) in [5.41, 5.74) is 4.70. The summed E-state index contributed by atoms with van der Waals surface area (Å²) in [7, 11) is 0. The van der Waals surface area contributed by atoms with E-state index in [9.17, 15) is 0 Å². The predicted molar refractivity (Wildman–Crippen MR) is 197 cm³/mol. The fourth-order valence-electron chi connectivity index (χ4n) is 5.71. The van der Waals surface area contributed by atoms with Crippen molar-refractivity contribution >= 4 is 43.5 Å². The summed E-state index contributed by atoms with van der Waals surface area (Å²) in [6.07, 6.45) is 1.39. The van der Waals surface area contributed by atoms with Crippen LogP contribution in [0.25, 0.3) is 66.0 Å². The van der Waals surface area contributed by atoms with Crippen molar-refractivity contribution in [3.05, 3.63) is 144 Å². The van der Waals surface area contributed by atoms with E-state index in [1.807, 2.05) is 45.0 Å². The van der Waals surface area contributed by atoms with Gasteiger partial charge in [-0.1, -0.05) is 98.7 Å². The van der Waals surface area contributed by atoms with E-state index in [4.69, 9.17) is 16.8 Å². The zero-order valence-corrected chi connectivity index (χ0v) is 29.1. The van der Waals surface area contributed by atoms with Crippen LogP contribution in [0, 0.1) is 38.2 Å². The minimum atomic E-state index is -2.31. The van der Waals surface area contributed by atoms with Crippen LogP contribution in [0.4, 0.5) is 0 Å². The third-order valence-corrected chi connectivity index (χ3v) is 7.91. The maximum Gasteiger partial charge on any atom is 0.121 e. The molecule has 0 spiro atoms. The minimum absolute atomic E-state index is 0. The van der Waals surface area contributed by atoms with Crippen LogP contribution in [0.5, 0.6) is 0 Å². The number of aryl methyl sites for hydroxylation is 3. The molecule has 0 aliphatic heterocycles. The minimum Gasteiger partial charge on any atom is -0.501 e. The maximum absolute atomic E-state index is 8.25. The van der Waals surface area contributed by atoms with Crippen molar-refractivity contribution in [2.45, 2.75) is 47.7 Å². The van der Waals surface area contributed by atoms with Gasteiger partial charge in [-0.25, -0.2) is 0 Å². The van der Waals surface area contributed by atoms with E-state index < -0.39 is 25.5 Å². The number of aromatic nitrogens is 2. The summed E-state index contributed by atoms with van der Waals surface area (Å²) >= 11 is 0. The van der Waals surface area contributed by atoms with Gasteiger partial charge < -0.3 is 14.4 Å². The van der Waals surface area contributed by atoms with Gasteiger partial charge in [-0.15, -0.1) is 53.6 Å². The number of nitrogens with zero attached hydrogens (tertiary/aromatic N) is 2. The summed E-state index contributed by atoms with van der Waals surface area (Å²) in [4.78, 5) is 8.71. The van der Waals surface area contributed by atoms with E-state index in [2.05, 4.69) is 58.5 Å². The van der Waals surface area contributed by atoms with Crippen molar-refractivity contribution in [3.63, 3.8) is 0 Å². The third-order valence-electron chi connectivity index (χ3n) is 7.91. The largest absolute Gasteiger partial charge is 0.501 e. The molecule has 3 aromatic heterocycles. The Hall–Kier alpha value is -4.63. The maximum atomic E-state index is 8.25. The Morgan fingerprint density at radius 2 is 1.60 bits per heavy atom. The zero-order chi connectivity index (χ0) is 40.2. The van der Waals surface area contributed by atoms with Gasteiger partial charge in [0.25, 0.3) is 0 Å². The van der Waals surface area contributed by atoms with Crippen LogP contribution in [0.1, 0.15) is 55.4 Å². The first-order valence-electron chi connectivity index (χ1n) is 20.0. The van der Waals surface area contributed by atoms with E-state index in [0.717, 1.165) is 27.1 Å². The summed E-state index contributed by atoms with van der Waals surface area (Å²) in [6.45, 7) is 0.958. The predicted octanol–water partition coefficient (Wildman–Crippen LogP) is 11.8. The average Bonchev–Trinajstić information content (AvgIpc) is 3.53. The van der Waals surface area contributed by atoms with Crippen molar-refractivity contribution in [2.24, 2.45) is 5.41 Å². The van der Waals surface area contributed by atoms with Crippen LogP contribution in [-0.2, 0) is 26.5 Å². The molecule has 0 N–H and O–H groups in total. The van der Waals surface area contributed by atoms with Crippen molar-refractivity contribution < 1.29 is 36.9 Å². The molecule has 5 aromatic carbocycles. The molecule has 0 bridgehead atoms. The third kappa shape index (κ3) is 6.83. The van der Waals surface area contributed by atoms with Crippen LogP contribution < -0.4 is 0 Å². The standard InChI is InChI=1S/C27H18NO.C17H20N.Ir/c1-16-12-25(28-15-17(16)2)22-9-5-8-21-24-13-19-11-10-18-6-3-4-7-20(18)23(19)14-26(24)29-27(21)22;1-13-5-8-15(9-6-13)16-10-7-14(12-18-16)11-17(2,3)4;/h3-8,10-15H,1-2H3;5-8,10,12H,11H2,1-4H3;/q2*-1;/i1D,2D3;1D3,11D2;. The van der Waals surface area contributed by atoms with Crippen LogP contribution in [-0.4, -0.2) is 9.97 Å². The Bertz CT molecular complexity index is 2710. The molecule has 0 amide bonds. The smallest absolute Gasteiger partial charge is 0.121 e. The van der Waals surface area contributed by atoms with Gasteiger partial charge in [0.15, 0.2) is 0 Å². The summed E-state index contributed by atoms with van der Waals surface area (Å²) in [5.74, 6) is 0. The van der Waals surface area contributed by atoms with E-state index in [1.54, 1.807) is 30.3 Å². The Balaban J connectivity index is 0.000000203. The van der Waals surface area contributed by atoms with Gasteiger partial charge in [0.05, 0.1) is 5.58 Å². The molecule has 0 saturated heterocycles. The Labute approximate surface area is 309 Å². The first kappa shape index (κ1) is 23.7. The van der Waals surface area contributed by atoms with Crippen LogP contribution in [0.15, 0.2) is 114 Å². The van der Waals surface area contributed by atoms with Crippen molar-refractivity contribution in [3.8, 4) is 22.5 Å². The molecule has 0 fully saturated rings. The zero-order valence-electron chi connectivity index (χ0n) is 35.7. The first-order chi connectivity index (χ1) is 26.4. The second-order valence-corrected chi connectivity index (χ2v) is 12.6. The molecule has 241 valence electrons. The summed E-state index contributed by atoms with van der Waals surface area (Å²) in [5, 5.41) is 6.56. The van der Waals surface area contributed by atoms with E-state index in [-0.39, 0.29) is 38.1 Å². The number of rotatable bonds is 3. The Morgan fingerprint density at radius 1 is 0.750 bits per heavy atom. The second-order valence-electron chi connectivity index (χ2n) is 12.6. The molecule has 3 heterocycles. The normalized spacial score (nSPS) is 15.0. The topological polar surface area (TPSA) is 38.9 Å². The van der Waals surface area contributed by atoms with Gasteiger partial charge in [0.1, 0.15) is 5.58 Å². The number of furan rings is 1. The van der Waals surface area contributed by atoms with Crippen LogP contribution in [0.2, 0.25) is 0 Å². The quantitative estimate of drug-likeness (QED) is 0.132. The molecular weight excluding hydrogens is 765 g/mol. The molecule has 0 unspecified atom stereocenters. The molecule has 0 aliphatic rings. The SMILES string of the molecule is [2H]C([2H])([2H])c1c[c-]c(-c2ccc(C([2H])([2H])C(C)(C)C)cn2)cc1.[2H]Cc1cc(-c2[c-]ccc3c2oc2cc4c(ccc5ccccc54)cc23)ncc1C([2H])([2H])[2H].[Ir]. The van der Waals surface area contributed by atoms with Gasteiger partial charge >= 0.3 is 0 Å². The number of pyridine rings is 2. The van der Waals surface area contributed by atoms with Gasteiger partial charge in [0.2, 0.25) is 0 Å². The number of hydrogen-bond donors (Lipinski definition) is 0. The van der Waals surface area contributed by atoms with Gasteiger partial charge in [-0.3, -0.25) is 0 Å². The van der Waals surface area contributed by atoms with Gasteiger partial charge in [0, 0.05) is 50.2 Å². The average molecular weight is 812 g/mol. The second kappa shape index (κ2) is 13.5. The molecule has 1 radical (unpaired) electrons. The molecule has 0 saturated carbocycles. The molecule has 8 aromatic rings. The molecule has 0 aliphatic carbocycles. The van der Waals surface area contributed by atoms with E-state index in [0.29, 0.717) is 39.2 Å². The molecule has 4 heteroatoms. The fourth-order valence-corrected chi connectivity index (χ4v) is 5.71. The van der Waals surface area contributed by atoms with Crippen molar-refractivity contribution in [2.75, 3.05) is 0 Å². The van der Waals surface area contributed by atoms with Crippen LogP contribution in [0.3, 0.4) is 0 Å². The van der Waals surface area contributed by atoms with Gasteiger partial charge in [-0.2, -0.15) is 0 Å². The monoisotopic (exact) mass is 812 g/mol. The van der Waals surface area contributed by atoms with E-state index in [1.165, 1.54) is 29.2 Å². The van der Waals surface area contributed by atoms with Crippen molar-refractivity contribution in [1.29, 1.82) is 0 Å². The Morgan fingerprint density at radius 3 is 2.35 bits per heavy atom. The summed E-state index contributed by atoms with van der Waals surface area (Å²) < 4.78 is 75.8. The number of benzene rings is 5. The number of fused-ring (bicyclic) bond motifs is 6. The molecular formula is C44H38IrN2O-2. The summed E-state index contributed by atoms with van der Waals surface area (Å²) in [6, 6.07) is 36.5. The molecule has 8 rings (SSSR count). The molecule has 3 nitrogen and oxygen atoms in total. The molecule has 48 heavy (non-hydrogen) atoms. The van der Waals surface area contributed by atoms with E-state index >= 15 is 0 Å². The first-order valence-corrected chi connectivity index (χ1v) is 15.3. The Kier molecular flexibility index (Phi) is 6.64. The van der Waals surface area contributed by atoms with Crippen LogP contribution >= 0.6 is 0 Å². The van der Waals surface area contributed by atoms with Crippen molar-refractivity contribution in [1.82, 2.24) is 9.97 Å². The van der Waals surface area contributed by atoms with Gasteiger partial charge in [-0.05, 0) is 81.7 Å². The molecule has 0 atom stereocenters. The fraction of sp³-hybridized carbons (Fsp3) is 0.182.